The van der Waals surface area contributed by atoms with Gasteiger partial charge in [0.1, 0.15) is 12.1 Å². The fourth-order valence-corrected chi connectivity index (χ4v) is 1.66. The lowest BCUT2D eigenvalue weighted by molar-refractivity contribution is 0.154. The molecular formula is C9H12FN3O. The molecule has 1 aliphatic heterocycles. The third-order valence-electron chi connectivity index (χ3n) is 2.34. The summed E-state index contributed by atoms with van der Waals surface area (Å²) in [6, 6.07) is 1.29. The van der Waals surface area contributed by atoms with Gasteiger partial charge in [-0.15, -0.1) is 0 Å². The van der Waals surface area contributed by atoms with Crippen LogP contribution in [0.1, 0.15) is 12.8 Å². The summed E-state index contributed by atoms with van der Waals surface area (Å²) in [7, 11) is 0. The lowest BCUT2D eigenvalue weighted by Crippen LogP contribution is -2.38. The van der Waals surface area contributed by atoms with Gasteiger partial charge in [-0.1, -0.05) is 0 Å². The molecule has 0 amide bonds. The monoisotopic (exact) mass is 197 g/mol. The molecule has 0 aliphatic carbocycles. The minimum Gasteiger partial charge on any atom is -0.391 e. The van der Waals surface area contributed by atoms with E-state index in [0.717, 1.165) is 19.4 Å². The first-order valence-electron chi connectivity index (χ1n) is 4.66. The standard InChI is InChI=1S/C9H12FN3O/c10-8-4-9(12-6-11-8)13-3-1-2-7(14)5-13/h4,6-7,14H,1-3,5H2. The van der Waals surface area contributed by atoms with Crippen molar-refractivity contribution in [2.45, 2.75) is 18.9 Å². The number of hydrogen-bond donors (Lipinski definition) is 1. The second kappa shape index (κ2) is 3.88. The highest BCUT2D eigenvalue weighted by Crippen LogP contribution is 2.17. The summed E-state index contributed by atoms with van der Waals surface area (Å²) >= 11 is 0. The molecule has 76 valence electrons. The van der Waals surface area contributed by atoms with E-state index >= 15 is 0 Å². The minimum absolute atomic E-state index is 0.332. The highest BCUT2D eigenvalue weighted by molar-refractivity contribution is 5.37. The molecule has 14 heavy (non-hydrogen) atoms. The third-order valence-corrected chi connectivity index (χ3v) is 2.34. The summed E-state index contributed by atoms with van der Waals surface area (Å²) in [6.45, 7) is 1.34. The molecule has 0 saturated carbocycles. The Morgan fingerprint density at radius 2 is 2.36 bits per heavy atom. The molecule has 1 N–H and O–H groups in total. The molecule has 1 aliphatic rings. The first-order chi connectivity index (χ1) is 6.75. The van der Waals surface area contributed by atoms with Gasteiger partial charge in [-0.3, -0.25) is 0 Å². The Morgan fingerprint density at radius 1 is 1.50 bits per heavy atom. The van der Waals surface area contributed by atoms with Crippen molar-refractivity contribution in [3.63, 3.8) is 0 Å². The van der Waals surface area contributed by atoms with E-state index in [0.29, 0.717) is 12.4 Å². The van der Waals surface area contributed by atoms with E-state index in [4.69, 9.17) is 0 Å². The molecule has 0 aromatic carbocycles. The van der Waals surface area contributed by atoms with Crippen LogP contribution in [-0.4, -0.2) is 34.3 Å². The topological polar surface area (TPSA) is 49.2 Å². The fraction of sp³-hybridized carbons (Fsp3) is 0.556. The Hall–Kier alpha value is -1.23. The molecule has 0 radical (unpaired) electrons. The maximum Gasteiger partial charge on any atom is 0.218 e. The summed E-state index contributed by atoms with van der Waals surface area (Å²) < 4.78 is 12.8. The number of rotatable bonds is 1. The third kappa shape index (κ3) is 1.98. The van der Waals surface area contributed by atoms with Crippen LogP contribution in [0.3, 0.4) is 0 Å². The molecule has 1 aromatic rings. The molecule has 1 fully saturated rings. The summed E-state index contributed by atoms with van der Waals surface area (Å²) in [6.07, 6.45) is 2.59. The van der Waals surface area contributed by atoms with Gasteiger partial charge in [-0.05, 0) is 12.8 Å². The van der Waals surface area contributed by atoms with Gasteiger partial charge in [-0.25, -0.2) is 9.97 Å². The number of anilines is 1. The van der Waals surface area contributed by atoms with Crippen molar-refractivity contribution in [2.75, 3.05) is 18.0 Å². The Bertz CT molecular complexity index is 321. The number of aliphatic hydroxyl groups is 1. The number of hydrogen-bond acceptors (Lipinski definition) is 4. The minimum atomic E-state index is -0.532. The zero-order valence-corrected chi connectivity index (χ0v) is 7.73. The van der Waals surface area contributed by atoms with Gasteiger partial charge in [0.15, 0.2) is 0 Å². The van der Waals surface area contributed by atoms with Crippen molar-refractivity contribution in [3.8, 4) is 0 Å². The molecule has 2 rings (SSSR count). The Labute approximate surface area is 81.4 Å². The van der Waals surface area contributed by atoms with Gasteiger partial charge in [0, 0.05) is 19.2 Å². The molecule has 5 heteroatoms. The predicted molar refractivity (Wildman–Crippen MR) is 49.4 cm³/mol. The van der Waals surface area contributed by atoms with Crippen molar-refractivity contribution in [2.24, 2.45) is 0 Å². The van der Waals surface area contributed by atoms with Crippen LogP contribution >= 0.6 is 0 Å². The van der Waals surface area contributed by atoms with Crippen LogP contribution in [0.15, 0.2) is 12.4 Å². The lowest BCUT2D eigenvalue weighted by atomic mass is 10.1. The van der Waals surface area contributed by atoms with Gasteiger partial charge < -0.3 is 10.0 Å². The average molecular weight is 197 g/mol. The van der Waals surface area contributed by atoms with E-state index in [9.17, 15) is 9.50 Å². The number of halogens is 1. The molecule has 1 saturated heterocycles. The Morgan fingerprint density at radius 3 is 3.07 bits per heavy atom. The summed E-state index contributed by atoms with van der Waals surface area (Å²) in [5.41, 5.74) is 0. The quantitative estimate of drug-likeness (QED) is 0.669. The van der Waals surface area contributed by atoms with Crippen molar-refractivity contribution >= 4 is 5.82 Å². The normalized spacial score (nSPS) is 22.4. The zero-order valence-electron chi connectivity index (χ0n) is 7.73. The number of β-amino-alcohol motifs (C(OH)–C–C–N with tert-alkyl or cyclic N) is 1. The van der Waals surface area contributed by atoms with Crippen LogP contribution in [-0.2, 0) is 0 Å². The van der Waals surface area contributed by atoms with Gasteiger partial charge in [0.2, 0.25) is 5.95 Å². The molecule has 1 unspecified atom stereocenters. The zero-order chi connectivity index (χ0) is 9.97. The van der Waals surface area contributed by atoms with Gasteiger partial charge in [-0.2, -0.15) is 4.39 Å². The van der Waals surface area contributed by atoms with Crippen LogP contribution in [0.2, 0.25) is 0 Å². The van der Waals surface area contributed by atoms with Crippen molar-refractivity contribution < 1.29 is 9.50 Å². The fourth-order valence-electron chi connectivity index (χ4n) is 1.66. The van der Waals surface area contributed by atoms with Gasteiger partial charge in [0.05, 0.1) is 6.10 Å². The summed E-state index contributed by atoms with van der Waals surface area (Å²) in [5.74, 6) is 0.0197. The molecular weight excluding hydrogens is 185 g/mol. The van der Waals surface area contributed by atoms with E-state index in [-0.39, 0.29) is 6.10 Å². The van der Waals surface area contributed by atoms with Crippen LogP contribution in [0.4, 0.5) is 10.2 Å². The summed E-state index contributed by atoms with van der Waals surface area (Å²) in [4.78, 5) is 9.22. The molecule has 2 heterocycles. The second-order valence-electron chi connectivity index (χ2n) is 3.44. The highest BCUT2D eigenvalue weighted by atomic mass is 19.1. The number of piperidine rings is 1. The van der Waals surface area contributed by atoms with E-state index in [1.54, 1.807) is 0 Å². The number of aromatic nitrogens is 2. The molecule has 1 atom stereocenters. The Balaban J connectivity index is 2.14. The molecule has 0 bridgehead atoms. The largest absolute Gasteiger partial charge is 0.391 e. The van der Waals surface area contributed by atoms with Gasteiger partial charge in [0.25, 0.3) is 0 Å². The molecule has 4 nitrogen and oxygen atoms in total. The van der Waals surface area contributed by atoms with Crippen LogP contribution in [0.5, 0.6) is 0 Å². The smallest absolute Gasteiger partial charge is 0.218 e. The van der Waals surface area contributed by atoms with Crippen LogP contribution in [0, 0.1) is 5.95 Å². The SMILES string of the molecule is OC1CCCN(c2cc(F)ncn2)C1. The highest BCUT2D eigenvalue weighted by Gasteiger charge is 2.18. The van der Waals surface area contributed by atoms with Gasteiger partial charge >= 0.3 is 0 Å². The predicted octanol–water partition coefficient (Wildman–Crippen LogP) is 0.577. The van der Waals surface area contributed by atoms with Crippen LogP contribution in [0.25, 0.3) is 0 Å². The van der Waals surface area contributed by atoms with Crippen molar-refractivity contribution in [1.82, 2.24) is 9.97 Å². The van der Waals surface area contributed by atoms with Crippen molar-refractivity contribution in [1.29, 1.82) is 0 Å². The first kappa shape index (κ1) is 9.33. The van der Waals surface area contributed by atoms with Crippen LogP contribution < -0.4 is 4.90 Å². The number of nitrogens with zero attached hydrogens (tertiary/aromatic N) is 3. The van der Waals surface area contributed by atoms with E-state index < -0.39 is 5.95 Å². The average Bonchev–Trinajstić information content (AvgIpc) is 2.18. The Kier molecular flexibility index (Phi) is 2.58. The van der Waals surface area contributed by atoms with Crippen molar-refractivity contribution in [3.05, 3.63) is 18.3 Å². The van der Waals surface area contributed by atoms with E-state index in [1.165, 1.54) is 12.4 Å². The molecule has 1 aromatic heterocycles. The van der Waals surface area contributed by atoms with E-state index in [2.05, 4.69) is 9.97 Å². The maximum atomic E-state index is 12.8. The van der Waals surface area contributed by atoms with E-state index in [1.807, 2.05) is 4.90 Å². The first-order valence-corrected chi connectivity index (χ1v) is 4.66. The maximum absolute atomic E-state index is 12.8. The lowest BCUT2D eigenvalue weighted by Gasteiger charge is -2.30. The molecule has 0 spiro atoms. The number of aliphatic hydroxyl groups excluding tert-OH is 1. The summed E-state index contributed by atoms with van der Waals surface area (Å²) in [5, 5.41) is 9.43. The second-order valence-corrected chi connectivity index (χ2v) is 3.44.